The molecule has 0 radical (unpaired) electrons. The third kappa shape index (κ3) is 5.78. The number of nitrogens with one attached hydrogen (secondary N) is 1. The Labute approximate surface area is 134 Å². The highest BCUT2D eigenvalue weighted by molar-refractivity contribution is 7.85. The Bertz CT molecular complexity index is 692. The Balaban J connectivity index is 1.70. The highest BCUT2D eigenvalue weighted by Gasteiger charge is 2.10. The summed E-state index contributed by atoms with van der Waals surface area (Å²) in [4.78, 5) is 11.9. The molecule has 0 fully saturated rings. The predicted molar refractivity (Wildman–Crippen MR) is 82.6 cm³/mol. The Morgan fingerprint density at radius 1 is 1.09 bits per heavy atom. The lowest BCUT2D eigenvalue weighted by atomic mass is 10.3. The molecule has 0 saturated carbocycles. The highest BCUT2D eigenvalue weighted by atomic mass is 32.2. The second kappa shape index (κ2) is 8.38. The number of hydrogen-bond acceptors (Lipinski definition) is 3. The van der Waals surface area contributed by atoms with Gasteiger partial charge in [0, 0.05) is 4.90 Å². The van der Waals surface area contributed by atoms with Crippen molar-refractivity contribution < 1.29 is 22.5 Å². The monoisotopic (exact) mass is 339 g/mol. The first-order valence-electron chi connectivity index (χ1n) is 6.83. The molecule has 1 N–H and O–H groups in total. The summed E-state index contributed by atoms with van der Waals surface area (Å²) in [6, 6.07) is 10.8. The molecule has 0 aliphatic rings. The van der Waals surface area contributed by atoms with Gasteiger partial charge in [-0.1, -0.05) is 6.07 Å². The highest BCUT2D eigenvalue weighted by Crippen LogP contribution is 2.10. The van der Waals surface area contributed by atoms with Gasteiger partial charge >= 0.3 is 0 Å². The molecule has 1 atom stereocenters. The zero-order chi connectivity index (χ0) is 16.7. The van der Waals surface area contributed by atoms with Crippen LogP contribution in [0.5, 0.6) is 5.75 Å². The van der Waals surface area contributed by atoms with E-state index in [0.29, 0.717) is 5.75 Å². The standard InChI is InChI=1S/C16H15F2NO3S/c17-12-4-6-14(7-5-12)22-9-8-19-16(20)11-23(21)15-3-1-2-13(18)10-15/h1-7,10H,8-9,11H2,(H,19,20)/t23-/m1/s1. The van der Waals surface area contributed by atoms with Crippen LogP contribution in [0, 0.1) is 11.6 Å². The van der Waals surface area contributed by atoms with Crippen molar-refractivity contribution in [3.05, 3.63) is 60.2 Å². The minimum Gasteiger partial charge on any atom is -0.492 e. The van der Waals surface area contributed by atoms with Gasteiger partial charge in [-0.2, -0.15) is 0 Å². The van der Waals surface area contributed by atoms with E-state index in [-0.39, 0.29) is 29.6 Å². The number of ether oxygens (including phenoxy) is 1. The number of carbonyl (C=O) groups excluding carboxylic acids is 1. The van der Waals surface area contributed by atoms with Gasteiger partial charge < -0.3 is 10.1 Å². The Morgan fingerprint density at radius 2 is 1.83 bits per heavy atom. The Kier molecular flexibility index (Phi) is 6.22. The van der Waals surface area contributed by atoms with Crippen LogP contribution in [0.4, 0.5) is 8.78 Å². The summed E-state index contributed by atoms with van der Waals surface area (Å²) in [7, 11) is -1.60. The van der Waals surface area contributed by atoms with E-state index in [4.69, 9.17) is 4.74 Å². The van der Waals surface area contributed by atoms with Crippen molar-refractivity contribution in [1.29, 1.82) is 0 Å². The van der Waals surface area contributed by atoms with Crippen LogP contribution in [-0.4, -0.2) is 29.0 Å². The first kappa shape index (κ1) is 17.1. The van der Waals surface area contributed by atoms with Crippen molar-refractivity contribution in [2.75, 3.05) is 18.9 Å². The van der Waals surface area contributed by atoms with Gasteiger partial charge in [0.1, 0.15) is 29.7 Å². The van der Waals surface area contributed by atoms with E-state index in [1.54, 1.807) is 0 Å². The Hall–Kier alpha value is -2.28. The molecule has 0 spiro atoms. The average Bonchev–Trinajstić information content (AvgIpc) is 2.53. The molecule has 2 aromatic rings. The van der Waals surface area contributed by atoms with Crippen molar-refractivity contribution in [1.82, 2.24) is 5.32 Å². The fourth-order valence-corrected chi connectivity index (χ4v) is 2.73. The van der Waals surface area contributed by atoms with Crippen molar-refractivity contribution in [3.8, 4) is 5.75 Å². The molecule has 4 nitrogen and oxygen atoms in total. The normalized spacial score (nSPS) is 11.7. The van der Waals surface area contributed by atoms with Crippen LogP contribution in [0.1, 0.15) is 0 Å². The number of amides is 1. The van der Waals surface area contributed by atoms with Gasteiger partial charge in [0.05, 0.1) is 17.3 Å². The van der Waals surface area contributed by atoms with Crippen molar-refractivity contribution in [3.63, 3.8) is 0 Å². The van der Waals surface area contributed by atoms with Gasteiger partial charge in [0.15, 0.2) is 0 Å². The summed E-state index contributed by atoms with van der Waals surface area (Å²) in [6.07, 6.45) is 0. The molecule has 23 heavy (non-hydrogen) atoms. The van der Waals surface area contributed by atoms with Crippen molar-refractivity contribution in [2.24, 2.45) is 0 Å². The van der Waals surface area contributed by atoms with E-state index in [1.807, 2.05) is 0 Å². The van der Waals surface area contributed by atoms with Gasteiger partial charge in [-0.25, -0.2) is 8.78 Å². The molecule has 2 rings (SSSR count). The quantitative estimate of drug-likeness (QED) is 0.788. The zero-order valence-electron chi connectivity index (χ0n) is 12.1. The molecule has 7 heteroatoms. The molecule has 0 aliphatic heterocycles. The van der Waals surface area contributed by atoms with Crippen LogP contribution >= 0.6 is 0 Å². The summed E-state index contributed by atoms with van der Waals surface area (Å²) in [6.45, 7) is 0.417. The van der Waals surface area contributed by atoms with Crippen LogP contribution in [0.3, 0.4) is 0 Å². The van der Waals surface area contributed by atoms with Crippen LogP contribution in [-0.2, 0) is 15.6 Å². The van der Waals surface area contributed by atoms with Gasteiger partial charge in [-0.15, -0.1) is 0 Å². The molecule has 0 aliphatic carbocycles. The molecule has 0 aromatic heterocycles. The maximum Gasteiger partial charge on any atom is 0.233 e. The molecule has 122 valence electrons. The Morgan fingerprint density at radius 3 is 2.52 bits per heavy atom. The third-order valence-corrected chi connectivity index (χ3v) is 4.13. The van der Waals surface area contributed by atoms with Crippen molar-refractivity contribution >= 4 is 16.7 Å². The van der Waals surface area contributed by atoms with Crippen LogP contribution < -0.4 is 10.1 Å². The SMILES string of the molecule is O=C(C[S@@](=O)c1cccc(F)c1)NCCOc1ccc(F)cc1. The van der Waals surface area contributed by atoms with E-state index >= 15 is 0 Å². The van der Waals surface area contributed by atoms with Crippen LogP contribution in [0.25, 0.3) is 0 Å². The van der Waals surface area contributed by atoms with E-state index in [1.165, 1.54) is 42.5 Å². The predicted octanol–water partition coefficient (Wildman–Crippen LogP) is 2.27. The molecule has 0 heterocycles. The van der Waals surface area contributed by atoms with Gasteiger partial charge in [0.25, 0.3) is 0 Å². The maximum absolute atomic E-state index is 13.0. The van der Waals surface area contributed by atoms with Crippen LogP contribution in [0.2, 0.25) is 0 Å². The minimum absolute atomic E-state index is 0.198. The molecule has 0 unspecified atom stereocenters. The lowest BCUT2D eigenvalue weighted by Crippen LogP contribution is -2.31. The lowest BCUT2D eigenvalue weighted by Gasteiger charge is -2.08. The number of halogens is 2. The van der Waals surface area contributed by atoms with Gasteiger partial charge in [0.2, 0.25) is 5.91 Å². The van der Waals surface area contributed by atoms with Gasteiger partial charge in [-0.05, 0) is 42.5 Å². The van der Waals surface area contributed by atoms with Crippen molar-refractivity contribution in [2.45, 2.75) is 4.90 Å². The average molecular weight is 339 g/mol. The summed E-state index contributed by atoms with van der Waals surface area (Å²) in [5.74, 6) is -1.03. The molecule has 0 bridgehead atoms. The van der Waals surface area contributed by atoms with E-state index in [9.17, 15) is 17.8 Å². The molecule has 2 aromatic carbocycles. The maximum atomic E-state index is 13.0. The molecular weight excluding hydrogens is 324 g/mol. The molecule has 0 saturated heterocycles. The summed E-state index contributed by atoms with van der Waals surface area (Å²) in [5.41, 5.74) is 0. The number of carbonyl (C=O) groups is 1. The minimum atomic E-state index is -1.60. The second-order valence-electron chi connectivity index (χ2n) is 4.60. The number of benzene rings is 2. The molecule has 1 amide bonds. The van der Waals surface area contributed by atoms with Gasteiger partial charge in [-0.3, -0.25) is 9.00 Å². The summed E-state index contributed by atoms with van der Waals surface area (Å²) < 4.78 is 42.9. The molecular formula is C16H15F2NO3S. The lowest BCUT2D eigenvalue weighted by molar-refractivity contribution is -0.118. The number of hydrogen-bond donors (Lipinski definition) is 1. The van der Waals surface area contributed by atoms with E-state index in [0.717, 1.165) is 6.07 Å². The first-order valence-corrected chi connectivity index (χ1v) is 8.15. The fraction of sp³-hybridized carbons (Fsp3) is 0.188. The largest absolute Gasteiger partial charge is 0.492 e. The summed E-state index contributed by atoms with van der Waals surface area (Å²) >= 11 is 0. The topological polar surface area (TPSA) is 55.4 Å². The second-order valence-corrected chi connectivity index (χ2v) is 6.05. The smallest absolute Gasteiger partial charge is 0.233 e. The third-order valence-electron chi connectivity index (χ3n) is 2.83. The first-order chi connectivity index (χ1) is 11.0. The van der Waals surface area contributed by atoms with Crippen LogP contribution in [0.15, 0.2) is 53.4 Å². The number of rotatable bonds is 7. The van der Waals surface area contributed by atoms with E-state index in [2.05, 4.69) is 5.32 Å². The zero-order valence-corrected chi connectivity index (χ0v) is 12.9. The van der Waals surface area contributed by atoms with E-state index < -0.39 is 22.5 Å². The fourth-order valence-electron chi connectivity index (χ4n) is 1.75. The summed E-state index contributed by atoms with van der Waals surface area (Å²) in [5, 5.41) is 2.55.